The lowest BCUT2D eigenvalue weighted by molar-refractivity contribution is -0.168. The molecule has 0 heterocycles. The summed E-state index contributed by atoms with van der Waals surface area (Å²) < 4.78 is 20.7. The molecule has 198 valence electrons. The molecule has 34 heavy (non-hydrogen) atoms. The van der Waals surface area contributed by atoms with Gasteiger partial charge in [0.25, 0.3) is 0 Å². The largest absolute Gasteiger partial charge is 0.415 e. The minimum atomic E-state index is -1.63. The first kappa shape index (κ1) is 27.6. The van der Waals surface area contributed by atoms with Crippen LogP contribution in [0.3, 0.4) is 0 Å². The van der Waals surface area contributed by atoms with E-state index in [1.165, 1.54) is 51.4 Å². The Hall–Kier alpha value is 0.531. The van der Waals surface area contributed by atoms with Gasteiger partial charge in [0, 0.05) is 12.2 Å². The predicted octanol–water partition coefficient (Wildman–Crippen LogP) is 8.30. The topological polar surface area (TPSA) is 27.7 Å². The van der Waals surface area contributed by atoms with E-state index in [9.17, 15) is 0 Å². The Labute approximate surface area is 214 Å². The fourth-order valence-corrected chi connectivity index (χ4v) is 12.6. The van der Waals surface area contributed by atoms with Crippen LogP contribution in [0.4, 0.5) is 0 Å². The first-order chi connectivity index (χ1) is 15.4. The monoisotopic (exact) mass is 524 g/mol. The molecule has 0 bridgehead atoms. The maximum absolute atomic E-state index is 7.10. The Bertz CT molecular complexity index is 739. The van der Waals surface area contributed by atoms with Crippen LogP contribution in [0.2, 0.25) is 58.9 Å². The fraction of sp³-hybridized carbons (Fsp3) is 1.00. The van der Waals surface area contributed by atoms with E-state index in [1.54, 1.807) is 0 Å². The van der Waals surface area contributed by atoms with E-state index in [2.05, 4.69) is 72.8 Å². The molecule has 0 spiro atoms. The first-order valence-electron chi connectivity index (χ1n) is 14.4. The van der Waals surface area contributed by atoms with Crippen LogP contribution >= 0.6 is 0 Å². The van der Waals surface area contributed by atoms with Crippen LogP contribution in [0.25, 0.3) is 0 Å². The molecule has 4 rings (SSSR count). The third-order valence-corrected chi connectivity index (χ3v) is 13.1. The number of hydrogen-bond acceptors (Lipinski definition) is 3. The molecule has 9 atom stereocenters. The molecule has 0 aromatic carbocycles. The fourth-order valence-electron chi connectivity index (χ4n) is 9.00. The maximum atomic E-state index is 7.10. The Balaban J connectivity index is 1.62. The molecule has 0 aliphatic heterocycles. The SMILES string of the molecule is C[C@]12CCC3C(C[C@@H](O[Si](C)(C)C)[C@H]4C[C@@H](O[Si](C)(C)C)CC[C@]34C)C1CC[C@@H]2O[Si](C)(C)C. The molecule has 0 saturated heterocycles. The van der Waals surface area contributed by atoms with E-state index in [0.29, 0.717) is 35.1 Å². The smallest absolute Gasteiger partial charge is 0.184 e. The third kappa shape index (κ3) is 5.52. The van der Waals surface area contributed by atoms with Crippen LogP contribution in [0.15, 0.2) is 0 Å². The van der Waals surface area contributed by atoms with Gasteiger partial charge in [-0.25, -0.2) is 0 Å². The maximum Gasteiger partial charge on any atom is 0.184 e. The summed E-state index contributed by atoms with van der Waals surface area (Å²) in [4.78, 5) is 0. The average molecular weight is 525 g/mol. The van der Waals surface area contributed by atoms with Crippen LogP contribution < -0.4 is 0 Å². The van der Waals surface area contributed by atoms with Crippen molar-refractivity contribution >= 4 is 25.0 Å². The van der Waals surface area contributed by atoms with Crippen molar-refractivity contribution in [3.8, 4) is 0 Å². The minimum absolute atomic E-state index is 0.368. The molecular weight excluding hydrogens is 469 g/mol. The van der Waals surface area contributed by atoms with Crippen molar-refractivity contribution in [2.24, 2.45) is 34.5 Å². The highest BCUT2D eigenvalue weighted by atomic mass is 28.4. The Morgan fingerprint density at radius 2 is 1.12 bits per heavy atom. The molecule has 0 amide bonds. The van der Waals surface area contributed by atoms with E-state index in [-0.39, 0.29) is 0 Å². The van der Waals surface area contributed by atoms with Gasteiger partial charge in [-0.05, 0) is 145 Å². The van der Waals surface area contributed by atoms with Gasteiger partial charge in [-0.1, -0.05) is 13.8 Å². The van der Waals surface area contributed by atoms with Crippen LogP contribution in [0.1, 0.15) is 65.2 Å². The van der Waals surface area contributed by atoms with E-state index in [1.807, 2.05) is 0 Å². The summed E-state index contributed by atoms with van der Waals surface area (Å²) >= 11 is 0. The van der Waals surface area contributed by atoms with Crippen molar-refractivity contribution in [2.45, 2.75) is 142 Å². The van der Waals surface area contributed by atoms with Gasteiger partial charge in [0.05, 0.1) is 6.10 Å². The summed E-state index contributed by atoms with van der Waals surface area (Å²) in [5, 5.41) is 0. The van der Waals surface area contributed by atoms with Crippen molar-refractivity contribution in [2.75, 3.05) is 0 Å². The quantitative estimate of drug-likeness (QED) is 0.327. The van der Waals surface area contributed by atoms with Crippen molar-refractivity contribution in [3.63, 3.8) is 0 Å². The Morgan fingerprint density at radius 1 is 0.559 bits per heavy atom. The zero-order chi connectivity index (χ0) is 25.3. The van der Waals surface area contributed by atoms with Crippen molar-refractivity contribution < 1.29 is 13.3 Å². The molecule has 4 fully saturated rings. The van der Waals surface area contributed by atoms with Gasteiger partial charge in [0.2, 0.25) is 0 Å². The van der Waals surface area contributed by atoms with Crippen LogP contribution in [-0.4, -0.2) is 43.3 Å². The normalized spacial score (nSPS) is 45.4. The summed E-state index contributed by atoms with van der Waals surface area (Å²) in [5.74, 6) is 3.14. The highest BCUT2D eigenvalue weighted by molar-refractivity contribution is 6.70. The van der Waals surface area contributed by atoms with Gasteiger partial charge < -0.3 is 13.3 Å². The number of rotatable bonds is 6. The second-order valence-electron chi connectivity index (χ2n) is 16.0. The highest BCUT2D eigenvalue weighted by Gasteiger charge is 2.63. The van der Waals surface area contributed by atoms with E-state index in [4.69, 9.17) is 13.3 Å². The summed E-state index contributed by atoms with van der Waals surface area (Å²) in [6.07, 6.45) is 11.9. The predicted molar refractivity (Wildman–Crippen MR) is 152 cm³/mol. The average Bonchev–Trinajstić information content (AvgIpc) is 2.95. The molecule has 0 aromatic heterocycles. The minimum Gasteiger partial charge on any atom is -0.415 e. The Morgan fingerprint density at radius 3 is 1.71 bits per heavy atom. The summed E-state index contributed by atoms with van der Waals surface area (Å²) in [6.45, 7) is 26.7. The zero-order valence-electron chi connectivity index (χ0n) is 24.4. The lowest BCUT2D eigenvalue weighted by Crippen LogP contribution is -2.60. The molecular formula is C28H56O3Si3. The lowest BCUT2D eigenvalue weighted by Gasteiger charge is -2.63. The second-order valence-corrected chi connectivity index (χ2v) is 29.3. The van der Waals surface area contributed by atoms with Gasteiger partial charge in [-0.2, -0.15) is 0 Å². The highest BCUT2D eigenvalue weighted by Crippen LogP contribution is 2.67. The van der Waals surface area contributed by atoms with Crippen molar-refractivity contribution in [1.82, 2.24) is 0 Å². The first-order valence-corrected chi connectivity index (χ1v) is 24.7. The molecule has 4 aliphatic carbocycles. The zero-order valence-corrected chi connectivity index (χ0v) is 27.4. The van der Waals surface area contributed by atoms with Crippen molar-refractivity contribution in [3.05, 3.63) is 0 Å². The van der Waals surface area contributed by atoms with Crippen LogP contribution in [0, 0.1) is 34.5 Å². The van der Waals surface area contributed by atoms with Gasteiger partial charge in [-0.3, -0.25) is 0 Å². The molecule has 4 aliphatic rings. The summed E-state index contributed by atoms with van der Waals surface area (Å²) in [5.41, 5.74) is 0.776. The van der Waals surface area contributed by atoms with Gasteiger partial charge in [-0.15, -0.1) is 0 Å². The molecule has 3 unspecified atom stereocenters. The number of hydrogen-bond donors (Lipinski definition) is 0. The standard InChI is InChI=1S/C28H56O3Si3/c1-27-16-14-20(29-32(3,4)5)18-24(27)25(30-33(6,7)8)19-21-22-12-13-26(31-34(9,10)11)28(22,2)17-15-23(21)27/h20-26H,12-19H2,1-11H3/t20-,21?,22?,23?,24+,25+,26-,27+,28-/m0/s1. The van der Waals surface area contributed by atoms with Gasteiger partial charge in [0.15, 0.2) is 25.0 Å². The summed E-state index contributed by atoms with van der Waals surface area (Å²) in [6, 6.07) is 0. The number of fused-ring (bicyclic) bond motifs is 5. The molecule has 0 radical (unpaired) electrons. The third-order valence-electron chi connectivity index (χ3n) is 10.0. The molecule has 3 nitrogen and oxygen atoms in total. The molecule has 6 heteroatoms. The van der Waals surface area contributed by atoms with E-state index in [0.717, 1.165) is 17.8 Å². The summed E-state index contributed by atoms with van der Waals surface area (Å²) in [7, 11) is -4.69. The second kappa shape index (κ2) is 9.07. The van der Waals surface area contributed by atoms with E-state index < -0.39 is 25.0 Å². The van der Waals surface area contributed by atoms with E-state index >= 15 is 0 Å². The molecule has 0 N–H and O–H groups in total. The van der Waals surface area contributed by atoms with Gasteiger partial charge >= 0.3 is 0 Å². The lowest BCUT2D eigenvalue weighted by atomic mass is 9.44. The molecule has 0 aromatic rings. The molecule has 4 saturated carbocycles. The Kier molecular flexibility index (Phi) is 7.36. The van der Waals surface area contributed by atoms with Crippen LogP contribution in [-0.2, 0) is 13.3 Å². The van der Waals surface area contributed by atoms with Crippen molar-refractivity contribution in [1.29, 1.82) is 0 Å². The van der Waals surface area contributed by atoms with Crippen LogP contribution in [0.5, 0.6) is 0 Å². The van der Waals surface area contributed by atoms with Gasteiger partial charge in [0.1, 0.15) is 0 Å².